The van der Waals surface area contributed by atoms with Gasteiger partial charge < -0.3 is 20.4 Å². The third kappa shape index (κ3) is 14.5. The molecule has 0 spiro atoms. The molecule has 4 aliphatic rings. The van der Waals surface area contributed by atoms with Crippen molar-refractivity contribution in [2.75, 3.05) is 26.4 Å². The molecule has 0 bridgehead atoms. The number of fused-ring (bicyclic) bond motifs is 1. The van der Waals surface area contributed by atoms with Crippen LogP contribution in [0.5, 0.6) is 0 Å². The molecule has 0 radical (unpaired) electrons. The van der Waals surface area contributed by atoms with E-state index in [1.807, 2.05) is 0 Å². The van der Waals surface area contributed by atoms with Crippen molar-refractivity contribution >= 4 is 12.6 Å². The molecule has 46 heavy (non-hydrogen) atoms. The molecule has 262 valence electrons. The molecule has 4 N–H and O–H groups in total. The van der Waals surface area contributed by atoms with Crippen molar-refractivity contribution in [1.29, 1.82) is 0 Å². The first kappa shape index (κ1) is 40.3. The number of allylic oxidation sites excluding steroid dienone is 4. The van der Waals surface area contributed by atoms with E-state index in [-0.39, 0.29) is 43.5 Å². The molecule has 0 aliphatic heterocycles. The molecule has 3 fully saturated rings. The minimum atomic E-state index is -0.233. The number of carbonyl (C=O) groups excluding carboxylic acids is 2. The lowest BCUT2D eigenvalue weighted by Crippen LogP contribution is -2.32. The number of hydrogen-bond acceptors (Lipinski definition) is 6. The predicted octanol–water partition coefficient (Wildman–Crippen LogP) is 7.56. The first-order valence-electron chi connectivity index (χ1n) is 18.4. The zero-order valence-corrected chi connectivity index (χ0v) is 28.9. The Morgan fingerprint density at radius 3 is 1.76 bits per heavy atom. The highest BCUT2D eigenvalue weighted by Gasteiger charge is 2.37. The highest BCUT2D eigenvalue weighted by Crippen LogP contribution is 2.48. The van der Waals surface area contributed by atoms with E-state index < -0.39 is 0 Å². The van der Waals surface area contributed by atoms with E-state index in [2.05, 4.69) is 38.3 Å². The van der Waals surface area contributed by atoms with Crippen molar-refractivity contribution in [3.05, 3.63) is 48.1 Å². The standard InChI is InChI=1S/C32H54O2.2C4H6O2/c1-2-3-4-5-25-10-13-32-21-31(19-18-30(32)20-25)29-16-14-28(15-17-29)27-11-8-24(9-12-27)6-7-26(22-33)23-34;2*1-4(2-5)3-6/h10,13,20,24,26-34H,2-9,11-12,14-19,21-23H2,1H3;2*2,6H,1,3H2. The van der Waals surface area contributed by atoms with Crippen LogP contribution in [-0.2, 0) is 9.59 Å². The van der Waals surface area contributed by atoms with Crippen molar-refractivity contribution in [3.63, 3.8) is 0 Å². The number of carbonyl (C=O) groups is 2. The fourth-order valence-corrected chi connectivity index (χ4v) is 8.27. The van der Waals surface area contributed by atoms with Crippen LogP contribution in [0.25, 0.3) is 0 Å². The monoisotopic (exact) mass is 642 g/mol. The van der Waals surface area contributed by atoms with Crippen LogP contribution in [0.4, 0.5) is 0 Å². The molecular formula is C40H66O6. The smallest absolute Gasteiger partial charge is 0.147 e. The van der Waals surface area contributed by atoms with E-state index in [1.54, 1.807) is 5.57 Å². The van der Waals surface area contributed by atoms with Crippen LogP contribution in [0.3, 0.4) is 0 Å². The molecule has 0 aromatic carbocycles. The summed E-state index contributed by atoms with van der Waals surface area (Å²) in [4.78, 5) is 19.0. The number of aliphatic hydroxyl groups excluding tert-OH is 4. The van der Waals surface area contributed by atoms with Gasteiger partial charge in [0.05, 0.1) is 13.2 Å². The Kier molecular flexibility index (Phi) is 20.6. The van der Waals surface area contributed by atoms with Gasteiger partial charge in [-0.3, -0.25) is 9.59 Å². The lowest BCUT2D eigenvalue weighted by Gasteiger charge is -2.43. The molecule has 4 rings (SSSR count). The third-order valence-electron chi connectivity index (χ3n) is 11.3. The Bertz CT molecular complexity index is 913. The maximum atomic E-state index is 9.48. The molecule has 0 aromatic heterocycles. The molecule has 3 atom stereocenters. The van der Waals surface area contributed by atoms with Gasteiger partial charge >= 0.3 is 0 Å². The van der Waals surface area contributed by atoms with E-state index in [0.717, 1.165) is 47.8 Å². The summed E-state index contributed by atoms with van der Waals surface area (Å²) in [7, 11) is 0. The Hall–Kier alpha value is -1.86. The van der Waals surface area contributed by atoms with E-state index in [4.69, 9.17) is 10.2 Å². The van der Waals surface area contributed by atoms with Gasteiger partial charge in [0.15, 0.2) is 0 Å². The van der Waals surface area contributed by atoms with Gasteiger partial charge in [-0.25, -0.2) is 0 Å². The van der Waals surface area contributed by atoms with Crippen LogP contribution in [0, 0.1) is 47.3 Å². The second-order valence-electron chi connectivity index (χ2n) is 14.6. The quantitative estimate of drug-likeness (QED) is 0.0833. The molecule has 6 heteroatoms. The summed E-state index contributed by atoms with van der Waals surface area (Å²) in [5.41, 5.74) is 2.06. The summed E-state index contributed by atoms with van der Waals surface area (Å²) in [5.74, 6) is 6.60. The number of rotatable bonds is 15. The fourth-order valence-electron chi connectivity index (χ4n) is 8.27. The number of aldehydes is 2. The SMILES string of the molecule is C=C(C=O)CO.C=C(C=O)CO.CCCCCC1=CC2CCC(C3CCC(C4CCC(CCC(CO)CO)CC4)CC3)CC2C=C1. The normalized spacial score (nSPS) is 28.8. The molecule has 3 saturated carbocycles. The summed E-state index contributed by atoms with van der Waals surface area (Å²) in [5, 5.41) is 34.7. The Morgan fingerprint density at radius 1 is 0.761 bits per heavy atom. The number of hydrogen-bond donors (Lipinski definition) is 4. The zero-order chi connectivity index (χ0) is 33.7. The molecule has 3 unspecified atom stereocenters. The molecule has 0 saturated heterocycles. The average Bonchev–Trinajstić information content (AvgIpc) is 3.12. The maximum Gasteiger partial charge on any atom is 0.147 e. The Balaban J connectivity index is 0.000000522. The minimum Gasteiger partial charge on any atom is -0.396 e. The highest BCUT2D eigenvalue weighted by molar-refractivity contribution is 5.72. The third-order valence-corrected chi connectivity index (χ3v) is 11.3. The predicted molar refractivity (Wildman–Crippen MR) is 188 cm³/mol. The molecular weight excluding hydrogens is 576 g/mol. The highest BCUT2D eigenvalue weighted by atomic mass is 16.3. The largest absolute Gasteiger partial charge is 0.396 e. The topological polar surface area (TPSA) is 115 Å². The van der Waals surface area contributed by atoms with E-state index in [0.29, 0.717) is 12.6 Å². The lowest BCUT2D eigenvalue weighted by molar-refractivity contribution is -0.106. The van der Waals surface area contributed by atoms with Crippen LogP contribution in [0.2, 0.25) is 0 Å². The first-order chi connectivity index (χ1) is 22.3. The van der Waals surface area contributed by atoms with E-state index in [1.165, 1.54) is 103 Å². The van der Waals surface area contributed by atoms with Crippen LogP contribution >= 0.6 is 0 Å². The summed E-state index contributed by atoms with van der Waals surface area (Å²) in [6, 6.07) is 0. The van der Waals surface area contributed by atoms with Gasteiger partial charge in [-0.1, -0.05) is 76.0 Å². The second kappa shape index (κ2) is 23.5. The fraction of sp³-hybridized carbons (Fsp3) is 0.750. The van der Waals surface area contributed by atoms with Crippen molar-refractivity contribution in [2.45, 2.75) is 116 Å². The van der Waals surface area contributed by atoms with Gasteiger partial charge in [0.1, 0.15) is 12.6 Å². The van der Waals surface area contributed by atoms with Crippen molar-refractivity contribution in [1.82, 2.24) is 0 Å². The van der Waals surface area contributed by atoms with Gasteiger partial charge in [0, 0.05) is 30.3 Å². The van der Waals surface area contributed by atoms with Crippen molar-refractivity contribution in [2.24, 2.45) is 47.3 Å². The number of aliphatic hydroxyl groups is 4. The summed E-state index contributed by atoms with van der Waals surface area (Å²) in [6.45, 7) is 8.47. The molecule has 4 aliphatic carbocycles. The minimum absolute atomic E-state index is 0.107. The van der Waals surface area contributed by atoms with Gasteiger partial charge in [-0.05, 0) is 118 Å². The summed E-state index contributed by atoms with van der Waals surface area (Å²) < 4.78 is 0. The van der Waals surface area contributed by atoms with Crippen molar-refractivity contribution in [3.8, 4) is 0 Å². The van der Waals surface area contributed by atoms with Gasteiger partial charge in [-0.15, -0.1) is 0 Å². The molecule has 0 aromatic rings. The van der Waals surface area contributed by atoms with Crippen LogP contribution in [-0.4, -0.2) is 59.4 Å². The second-order valence-corrected chi connectivity index (χ2v) is 14.6. The molecule has 0 amide bonds. The van der Waals surface area contributed by atoms with E-state index >= 15 is 0 Å². The zero-order valence-electron chi connectivity index (χ0n) is 28.9. The Labute approximate surface area is 280 Å². The van der Waals surface area contributed by atoms with Crippen molar-refractivity contribution < 1.29 is 30.0 Å². The molecule has 6 nitrogen and oxygen atoms in total. The van der Waals surface area contributed by atoms with Crippen LogP contribution < -0.4 is 0 Å². The van der Waals surface area contributed by atoms with Crippen LogP contribution in [0.15, 0.2) is 48.1 Å². The average molecular weight is 643 g/mol. The first-order valence-corrected chi connectivity index (χ1v) is 18.4. The Morgan fingerprint density at radius 2 is 1.28 bits per heavy atom. The van der Waals surface area contributed by atoms with Crippen LogP contribution in [0.1, 0.15) is 116 Å². The van der Waals surface area contributed by atoms with Gasteiger partial charge in [0.25, 0.3) is 0 Å². The van der Waals surface area contributed by atoms with E-state index in [9.17, 15) is 19.8 Å². The van der Waals surface area contributed by atoms with Gasteiger partial charge in [-0.2, -0.15) is 0 Å². The lowest BCUT2D eigenvalue weighted by atomic mass is 9.62. The summed E-state index contributed by atoms with van der Waals surface area (Å²) >= 11 is 0. The molecule has 0 heterocycles. The maximum absolute atomic E-state index is 9.48. The van der Waals surface area contributed by atoms with Gasteiger partial charge in [0.2, 0.25) is 0 Å². The summed E-state index contributed by atoms with van der Waals surface area (Å²) in [6.07, 6.45) is 32.4. The number of unbranched alkanes of at least 4 members (excludes halogenated alkanes) is 2.